The largest absolute Gasteiger partial charge is 0.461 e. The van der Waals surface area contributed by atoms with Gasteiger partial charge in [-0.15, -0.1) is 5.10 Å². The molecule has 1 unspecified atom stereocenters. The first-order chi connectivity index (χ1) is 13.9. The predicted octanol–water partition coefficient (Wildman–Crippen LogP) is 1.51. The lowest BCUT2D eigenvalue weighted by Crippen LogP contribution is -2.37. The summed E-state index contributed by atoms with van der Waals surface area (Å²) in [5, 5.41) is 13.5. The molecule has 0 amide bonds. The van der Waals surface area contributed by atoms with Crippen molar-refractivity contribution < 1.29 is 14.5 Å². The maximum Gasteiger partial charge on any atom is 0.360 e. The molecule has 0 bridgehead atoms. The number of carbonyl (C=O) groups excluding carboxylic acids is 1. The second-order valence-corrected chi connectivity index (χ2v) is 7.05. The summed E-state index contributed by atoms with van der Waals surface area (Å²) in [5.74, 6) is -0.289. The second-order valence-electron chi connectivity index (χ2n) is 7.05. The molecule has 1 aromatic heterocycles. The lowest BCUT2D eigenvalue weighted by molar-refractivity contribution is -0.149. The van der Waals surface area contributed by atoms with Gasteiger partial charge in [-0.3, -0.25) is 9.84 Å². The molecule has 2 aromatic rings. The molecule has 10 nitrogen and oxygen atoms in total. The summed E-state index contributed by atoms with van der Waals surface area (Å²) in [5.41, 5.74) is 7.92. The molecule has 0 spiro atoms. The quantitative estimate of drug-likeness (QED) is 0.663. The van der Waals surface area contributed by atoms with Crippen molar-refractivity contribution in [2.75, 3.05) is 13.7 Å². The average Bonchev–Trinajstić information content (AvgIpc) is 3.24. The summed E-state index contributed by atoms with van der Waals surface area (Å²) in [7, 11) is 1.69. The number of hydrogen-bond donors (Lipinski definition) is 1. The van der Waals surface area contributed by atoms with Crippen molar-refractivity contribution in [3.8, 4) is 0 Å². The van der Waals surface area contributed by atoms with Crippen LogP contribution < -0.4 is 5.73 Å². The Morgan fingerprint density at radius 2 is 2.03 bits per heavy atom. The third-order valence-electron chi connectivity index (χ3n) is 4.69. The van der Waals surface area contributed by atoms with Crippen LogP contribution in [0, 0.1) is 0 Å². The molecule has 1 aromatic carbocycles. The Hall–Kier alpha value is -2.98. The van der Waals surface area contributed by atoms with Crippen LogP contribution in [0.3, 0.4) is 0 Å². The van der Waals surface area contributed by atoms with Crippen molar-refractivity contribution in [3.63, 3.8) is 0 Å². The standard InChI is InChI=1S/C19H27N7O3/c1-5-28-19(27)16-15(26(23-21-16)18-17(20)22-29-24(18)4)12-25(13(2)3)11-14-9-7-6-8-10-14/h6-10,13,18H,5,11-12H2,1-4H3,(H2,20,22). The van der Waals surface area contributed by atoms with E-state index >= 15 is 0 Å². The number of amidine groups is 1. The molecule has 29 heavy (non-hydrogen) atoms. The highest BCUT2D eigenvalue weighted by Gasteiger charge is 2.35. The Morgan fingerprint density at radius 1 is 1.31 bits per heavy atom. The van der Waals surface area contributed by atoms with Gasteiger partial charge in [-0.1, -0.05) is 40.6 Å². The van der Waals surface area contributed by atoms with Crippen LogP contribution in [0.2, 0.25) is 0 Å². The van der Waals surface area contributed by atoms with Crippen LogP contribution in [0.15, 0.2) is 35.5 Å². The Morgan fingerprint density at radius 3 is 2.62 bits per heavy atom. The van der Waals surface area contributed by atoms with Gasteiger partial charge in [0.1, 0.15) is 0 Å². The van der Waals surface area contributed by atoms with Gasteiger partial charge in [0.05, 0.1) is 12.3 Å². The summed E-state index contributed by atoms with van der Waals surface area (Å²) < 4.78 is 6.75. The van der Waals surface area contributed by atoms with Gasteiger partial charge >= 0.3 is 5.97 Å². The summed E-state index contributed by atoms with van der Waals surface area (Å²) in [6.07, 6.45) is -0.591. The fourth-order valence-corrected chi connectivity index (χ4v) is 3.12. The zero-order valence-corrected chi connectivity index (χ0v) is 17.1. The lowest BCUT2D eigenvalue weighted by atomic mass is 10.1. The van der Waals surface area contributed by atoms with Crippen molar-refractivity contribution in [1.29, 1.82) is 0 Å². The number of hydroxylamine groups is 2. The van der Waals surface area contributed by atoms with Crippen LogP contribution in [0.1, 0.15) is 48.7 Å². The van der Waals surface area contributed by atoms with E-state index in [1.54, 1.807) is 18.7 Å². The highest BCUT2D eigenvalue weighted by atomic mass is 16.8. The van der Waals surface area contributed by atoms with E-state index in [4.69, 9.17) is 15.4 Å². The van der Waals surface area contributed by atoms with E-state index in [0.29, 0.717) is 18.8 Å². The van der Waals surface area contributed by atoms with Crippen LogP contribution in [0.5, 0.6) is 0 Å². The number of esters is 1. The summed E-state index contributed by atoms with van der Waals surface area (Å²) in [4.78, 5) is 19.9. The molecular formula is C19H27N7O3. The van der Waals surface area contributed by atoms with Crippen LogP contribution in [0.25, 0.3) is 0 Å². The smallest absolute Gasteiger partial charge is 0.360 e. The molecule has 156 valence electrons. The number of nitrogens with zero attached hydrogens (tertiary/aromatic N) is 6. The number of nitrogens with two attached hydrogens (primary N) is 1. The van der Waals surface area contributed by atoms with E-state index in [-0.39, 0.29) is 24.2 Å². The Bertz CT molecular complexity index is 866. The van der Waals surface area contributed by atoms with Crippen LogP contribution >= 0.6 is 0 Å². The molecule has 3 rings (SSSR count). The third kappa shape index (κ3) is 4.54. The van der Waals surface area contributed by atoms with Crippen molar-refractivity contribution >= 4 is 11.8 Å². The first-order valence-corrected chi connectivity index (χ1v) is 9.54. The van der Waals surface area contributed by atoms with Gasteiger partial charge in [0.2, 0.25) is 6.17 Å². The molecule has 10 heteroatoms. The van der Waals surface area contributed by atoms with Crippen molar-refractivity contribution in [2.24, 2.45) is 10.9 Å². The molecule has 1 aliphatic heterocycles. The average molecular weight is 401 g/mol. The van der Waals surface area contributed by atoms with Crippen LogP contribution in [-0.2, 0) is 22.8 Å². The van der Waals surface area contributed by atoms with Gasteiger partial charge in [0.15, 0.2) is 11.5 Å². The van der Waals surface area contributed by atoms with Crippen LogP contribution in [-0.4, -0.2) is 56.5 Å². The summed E-state index contributed by atoms with van der Waals surface area (Å²) in [6, 6.07) is 10.3. The Labute approximate surface area is 169 Å². The number of carbonyl (C=O) groups is 1. The molecule has 0 saturated carbocycles. The molecule has 1 atom stereocenters. The number of hydrogen-bond acceptors (Lipinski definition) is 9. The van der Waals surface area contributed by atoms with E-state index in [1.165, 1.54) is 10.6 Å². The van der Waals surface area contributed by atoms with Crippen molar-refractivity contribution in [3.05, 3.63) is 47.3 Å². The maximum atomic E-state index is 12.5. The zero-order chi connectivity index (χ0) is 21.0. The number of likely N-dealkylation sites (N-methyl/N-ethyl adjacent to an activating group) is 1. The fraction of sp³-hybridized carbons (Fsp3) is 0.474. The predicted molar refractivity (Wildman–Crippen MR) is 106 cm³/mol. The topological polar surface area (TPSA) is 111 Å². The van der Waals surface area contributed by atoms with E-state index < -0.39 is 12.1 Å². The maximum absolute atomic E-state index is 12.5. The summed E-state index contributed by atoms with van der Waals surface area (Å²) in [6.45, 7) is 7.32. The van der Waals surface area contributed by atoms with Gasteiger partial charge in [-0.2, -0.15) is 0 Å². The van der Waals surface area contributed by atoms with Gasteiger partial charge in [-0.05, 0) is 31.5 Å². The fourth-order valence-electron chi connectivity index (χ4n) is 3.12. The van der Waals surface area contributed by atoms with E-state index in [9.17, 15) is 4.79 Å². The molecule has 2 heterocycles. The molecule has 0 aliphatic carbocycles. The van der Waals surface area contributed by atoms with E-state index in [2.05, 4.69) is 46.3 Å². The number of ether oxygens (including phenoxy) is 1. The molecule has 0 saturated heterocycles. The highest BCUT2D eigenvalue weighted by Crippen LogP contribution is 2.23. The normalized spacial score (nSPS) is 16.9. The highest BCUT2D eigenvalue weighted by molar-refractivity contribution is 5.89. The third-order valence-corrected chi connectivity index (χ3v) is 4.69. The second kappa shape index (κ2) is 9.01. The molecular weight excluding hydrogens is 374 g/mol. The van der Waals surface area contributed by atoms with Crippen LogP contribution in [0.4, 0.5) is 0 Å². The minimum atomic E-state index is -0.591. The molecule has 0 radical (unpaired) electrons. The summed E-state index contributed by atoms with van der Waals surface area (Å²) >= 11 is 0. The van der Waals surface area contributed by atoms with Gasteiger partial charge in [0, 0.05) is 26.2 Å². The zero-order valence-electron chi connectivity index (χ0n) is 17.1. The van der Waals surface area contributed by atoms with Crippen molar-refractivity contribution in [1.82, 2.24) is 25.0 Å². The van der Waals surface area contributed by atoms with Gasteiger partial charge in [-0.25, -0.2) is 9.48 Å². The minimum absolute atomic E-state index is 0.165. The van der Waals surface area contributed by atoms with E-state index in [1.807, 2.05) is 18.2 Å². The van der Waals surface area contributed by atoms with E-state index in [0.717, 1.165) is 0 Å². The lowest BCUT2D eigenvalue weighted by Gasteiger charge is -2.28. The Kier molecular flexibility index (Phi) is 6.45. The number of oxime groups is 1. The number of benzene rings is 1. The SMILES string of the molecule is CCOC(=O)c1nnn(C2C(N)=NON2C)c1CN(Cc1ccccc1)C(C)C. The van der Waals surface area contributed by atoms with Crippen molar-refractivity contribution in [2.45, 2.75) is 46.1 Å². The number of aromatic nitrogens is 3. The Balaban J connectivity index is 1.96. The first kappa shape index (κ1) is 20.7. The molecule has 0 fully saturated rings. The monoisotopic (exact) mass is 401 g/mol. The minimum Gasteiger partial charge on any atom is -0.461 e. The van der Waals surface area contributed by atoms with Gasteiger partial charge < -0.3 is 10.5 Å². The number of rotatable bonds is 8. The molecule has 2 N–H and O–H groups in total. The molecule has 1 aliphatic rings. The first-order valence-electron chi connectivity index (χ1n) is 9.54. The van der Waals surface area contributed by atoms with Gasteiger partial charge in [0.25, 0.3) is 0 Å².